The summed E-state index contributed by atoms with van der Waals surface area (Å²) >= 11 is 0. The molecule has 98 valence electrons. The molecule has 0 aromatic heterocycles. The van der Waals surface area contributed by atoms with Crippen LogP contribution in [0.1, 0.15) is 31.2 Å². The highest BCUT2D eigenvalue weighted by molar-refractivity contribution is 5.28. The van der Waals surface area contributed by atoms with Gasteiger partial charge in [-0.3, -0.25) is 0 Å². The summed E-state index contributed by atoms with van der Waals surface area (Å²) in [5.41, 5.74) is 0.785. The van der Waals surface area contributed by atoms with Crippen LogP contribution in [0.3, 0.4) is 0 Å². The first kappa shape index (κ1) is 12.1. The van der Waals surface area contributed by atoms with E-state index in [9.17, 15) is 4.39 Å². The smallest absolute Gasteiger partial charge is 0.127 e. The number of halogens is 1. The molecule has 0 amide bonds. The van der Waals surface area contributed by atoms with Crippen molar-refractivity contribution in [2.45, 2.75) is 37.1 Å². The number of hydrogen-bond acceptors (Lipinski definition) is 2. The van der Waals surface area contributed by atoms with Crippen LogP contribution in [0.15, 0.2) is 24.3 Å². The van der Waals surface area contributed by atoms with Crippen LogP contribution < -0.4 is 5.32 Å². The van der Waals surface area contributed by atoms with E-state index in [1.54, 1.807) is 12.1 Å². The normalized spacial score (nSPS) is 22.9. The zero-order valence-electron chi connectivity index (χ0n) is 10.6. The Kier molecular flexibility index (Phi) is 3.35. The van der Waals surface area contributed by atoms with Gasteiger partial charge in [0.2, 0.25) is 0 Å². The predicted octanol–water partition coefficient (Wildman–Crippen LogP) is 2.63. The Bertz CT molecular complexity index is 411. The van der Waals surface area contributed by atoms with Crippen LogP contribution in [-0.2, 0) is 10.2 Å². The molecule has 1 saturated carbocycles. The molecule has 18 heavy (non-hydrogen) atoms. The minimum atomic E-state index is -0.0772. The van der Waals surface area contributed by atoms with Crippen molar-refractivity contribution in [3.63, 3.8) is 0 Å². The van der Waals surface area contributed by atoms with E-state index < -0.39 is 0 Å². The van der Waals surface area contributed by atoms with E-state index in [0.29, 0.717) is 6.04 Å². The van der Waals surface area contributed by atoms with E-state index in [4.69, 9.17) is 4.74 Å². The molecule has 0 unspecified atom stereocenters. The lowest BCUT2D eigenvalue weighted by Gasteiger charge is -2.38. The molecule has 0 radical (unpaired) electrons. The van der Waals surface area contributed by atoms with Gasteiger partial charge in [0.05, 0.1) is 0 Å². The van der Waals surface area contributed by atoms with Gasteiger partial charge in [-0.2, -0.15) is 0 Å². The van der Waals surface area contributed by atoms with Gasteiger partial charge < -0.3 is 10.1 Å². The van der Waals surface area contributed by atoms with E-state index in [0.717, 1.165) is 38.2 Å². The Balaban J connectivity index is 1.85. The fourth-order valence-corrected chi connectivity index (χ4v) is 2.82. The van der Waals surface area contributed by atoms with Gasteiger partial charge in [0.25, 0.3) is 0 Å². The average molecular weight is 249 g/mol. The fraction of sp³-hybridized carbons (Fsp3) is 0.600. The minimum absolute atomic E-state index is 0.0722. The van der Waals surface area contributed by atoms with Crippen molar-refractivity contribution in [3.05, 3.63) is 35.6 Å². The van der Waals surface area contributed by atoms with Crippen molar-refractivity contribution in [2.24, 2.45) is 0 Å². The highest BCUT2D eigenvalue weighted by atomic mass is 19.1. The molecule has 2 fully saturated rings. The van der Waals surface area contributed by atoms with E-state index in [1.165, 1.54) is 12.8 Å². The van der Waals surface area contributed by atoms with Crippen LogP contribution in [0.5, 0.6) is 0 Å². The second kappa shape index (κ2) is 4.98. The summed E-state index contributed by atoms with van der Waals surface area (Å²) in [5, 5.41) is 3.57. The molecular weight excluding hydrogens is 229 g/mol. The second-order valence-electron chi connectivity index (χ2n) is 5.53. The summed E-state index contributed by atoms with van der Waals surface area (Å²) in [5.74, 6) is -0.0722. The third-order valence-electron chi connectivity index (χ3n) is 4.20. The number of hydrogen-bond donors (Lipinski definition) is 1. The standard InChI is InChI=1S/C15H20FNO/c16-14-4-2-1-3-13(14)15(7-9-18-10-8-15)11-17-12-5-6-12/h1-4,12,17H,5-11H2. The summed E-state index contributed by atoms with van der Waals surface area (Å²) in [4.78, 5) is 0. The highest BCUT2D eigenvalue weighted by Gasteiger charge is 2.37. The summed E-state index contributed by atoms with van der Waals surface area (Å²) in [6.45, 7) is 2.35. The van der Waals surface area contributed by atoms with Crippen molar-refractivity contribution in [1.29, 1.82) is 0 Å². The predicted molar refractivity (Wildman–Crippen MR) is 69.2 cm³/mol. The lowest BCUT2D eigenvalue weighted by atomic mass is 9.74. The van der Waals surface area contributed by atoms with Crippen LogP contribution in [-0.4, -0.2) is 25.8 Å². The largest absolute Gasteiger partial charge is 0.381 e. The fourth-order valence-electron chi connectivity index (χ4n) is 2.82. The molecule has 1 heterocycles. The SMILES string of the molecule is Fc1ccccc1C1(CNC2CC2)CCOCC1. The molecule has 2 nitrogen and oxygen atoms in total. The van der Waals surface area contributed by atoms with Crippen molar-refractivity contribution >= 4 is 0 Å². The van der Waals surface area contributed by atoms with Gasteiger partial charge in [-0.25, -0.2) is 4.39 Å². The zero-order chi connectivity index (χ0) is 12.4. The maximum atomic E-state index is 14.1. The summed E-state index contributed by atoms with van der Waals surface area (Å²) < 4.78 is 19.5. The molecule has 0 atom stereocenters. The maximum absolute atomic E-state index is 14.1. The van der Waals surface area contributed by atoms with E-state index in [2.05, 4.69) is 5.32 Å². The van der Waals surface area contributed by atoms with E-state index in [-0.39, 0.29) is 11.2 Å². The van der Waals surface area contributed by atoms with Gasteiger partial charge in [-0.15, -0.1) is 0 Å². The van der Waals surface area contributed by atoms with Gasteiger partial charge in [-0.05, 0) is 37.3 Å². The third kappa shape index (κ3) is 2.43. The molecule has 1 aliphatic heterocycles. The highest BCUT2D eigenvalue weighted by Crippen LogP contribution is 2.36. The molecule has 1 aromatic carbocycles. The Hall–Kier alpha value is -0.930. The summed E-state index contributed by atoms with van der Waals surface area (Å²) in [7, 11) is 0. The first-order valence-electron chi connectivity index (χ1n) is 6.86. The van der Waals surface area contributed by atoms with Crippen molar-refractivity contribution in [3.8, 4) is 0 Å². The maximum Gasteiger partial charge on any atom is 0.127 e. The molecule has 0 bridgehead atoms. The average Bonchev–Trinajstić information content (AvgIpc) is 3.22. The molecule has 3 rings (SSSR count). The first-order chi connectivity index (χ1) is 8.80. The molecular formula is C15H20FNO. The van der Waals surface area contributed by atoms with Crippen molar-refractivity contribution in [1.82, 2.24) is 5.32 Å². The Morgan fingerprint density at radius 3 is 2.61 bits per heavy atom. The van der Waals surface area contributed by atoms with Gasteiger partial charge >= 0.3 is 0 Å². The van der Waals surface area contributed by atoms with Gasteiger partial charge in [0.15, 0.2) is 0 Å². The lowest BCUT2D eigenvalue weighted by Crippen LogP contribution is -2.44. The van der Waals surface area contributed by atoms with E-state index in [1.807, 2.05) is 12.1 Å². The minimum Gasteiger partial charge on any atom is -0.381 e. The Morgan fingerprint density at radius 2 is 1.94 bits per heavy atom. The molecule has 1 saturated heterocycles. The third-order valence-corrected chi connectivity index (χ3v) is 4.20. The second-order valence-corrected chi connectivity index (χ2v) is 5.53. The van der Waals surface area contributed by atoms with Crippen LogP contribution >= 0.6 is 0 Å². The van der Waals surface area contributed by atoms with Gasteiger partial charge in [-0.1, -0.05) is 18.2 Å². The molecule has 0 spiro atoms. The Morgan fingerprint density at radius 1 is 1.22 bits per heavy atom. The zero-order valence-corrected chi connectivity index (χ0v) is 10.6. The van der Waals surface area contributed by atoms with E-state index >= 15 is 0 Å². The first-order valence-corrected chi connectivity index (χ1v) is 6.86. The number of ether oxygens (including phenoxy) is 1. The topological polar surface area (TPSA) is 21.3 Å². The molecule has 1 N–H and O–H groups in total. The Labute approximate surface area is 108 Å². The number of benzene rings is 1. The molecule has 1 aliphatic carbocycles. The summed E-state index contributed by atoms with van der Waals surface area (Å²) in [6, 6.07) is 7.88. The van der Waals surface area contributed by atoms with Crippen LogP contribution in [0.2, 0.25) is 0 Å². The number of nitrogens with one attached hydrogen (secondary N) is 1. The van der Waals surface area contributed by atoms with Crippen LogP contribution in [0, 0.1) is 5.82 Å². The molecule has 1 aromatic rings. The van der Waals surface area contributed by atoms with Crippen LogP contribution in [0.4, 0.5) is 4.39 Å². The molecule has 3 heteroatoms. The monoisotopic (exact) mass is 249 g/mol. The van der Waals surface area contributed by atoms with Gasteiger partial charge in [0, 0.05) is 31.2 Å². The van der Waals surface area contributed by atoms with Crippen molar-refractivity contribution < 1.29 is 9.13 Å². The van der Waals surface area contributed by atoms with Crippen LogP contribution in [0.25, 0.3) is 0 Å². The van der Waals surface area contributed by atoms with Gasteiger partial charge in [0.1, 0.15) is 5.82 Å². The lowest BCUT2D eigenvalue weighted by molar-refractivity contribution is 0.0485. The van der Waals surface area contributed by atoms with Crippen molar-refractivity contribution in [2.75, 3.05) is 19.8 Å². The quantitative estimate of drug-likeness (QED) is 0.885. The summed E-state index contributed by atoms with van der Waals surface area (Å²) in [6.07, 6.45) is 4.36. The molecule has 2 aliphatic rings. The number of rotatable bonds is 4.